The Labute approximate surface area is 155 Å². The van der Waals surface area contributed by atoms with Crippen LogP contribution in [0.4, 0.5) is 5.13 Å². The number of anilines is 1. The minimum Gasteiger partial charge on any atom is -0.299 e. The molecule has 0 spiro atoms. The summed E-state index contributed by atoms with van der Waals surface area (Å²) in [5.41, 5.74) is 0. The Kier molecular flexibility index (Phi) is 6.94. The summed E-state index contributed by atoms with van der Waals surface area (Å²) < 4.78 is 26.6. The predicted octanol–water partition coefficient (Wildman–Crippen LogP) is 2.55. The van der Waals surface area contributed by atoms with Gasteiger partial charge in [-0.1, -0.05) is 55.1 Å². The second-order valence-corrected chi connectivity index (χ2v) is 9.99. The first-order valence-electron chi connectivity index (χ1n) is 7.56. The van der Waals surface area contributed by atoms with Gasteiger partial charge in [0.25, 0.3) is 0 Å². The maximum absolute atomic E-state index is 12.4. The van der Waals surface area contributed by atoms with Crippen LogP contribution < -0.4 is 5.32 Å². The van der Waals surface area contributed by atoms with Crippen LogP contribution in [0, 0.1) is 5.92 Å². The zero-order valence-corrected chi connectivity index (χ0v) is 16.6. The molecule has 7 nitrogen and oxygen atoms in total. The van der Waals surface area contributed by atoms with E-state index in [0.29, 0.717) is 11.0 Å². The standard InChI is InChI=1S/C15H20N4O3S3/c1-11(2)10-23-15-18-17-14(24-15)16-13(20)9-19(3)25(21,22)12-7-5-4-6-8-12/h4-8,11H,9-10H2,1-3H3,(H,16,17,20). The first-order chi connectivity index (χ1) is 11.8. The van der Waals surface area contributed by atoms with Gasteiger partial charge < -0.3 is 0 Å². The summed E-state index contributed by atoms with van der Waals surface area (Å²) in [5.74, 6) is 0.989. The quantitative estimate of drug-likeness (QED) is 0.541. The van der Waals surface area contributed by atoms with Crippen molar-refractivity contribution >= 4 is 44.2 Å². The van der Waals surface area contributed by atoms with Crippen LogP contribution in [0.25, 0.3) is 0 Å². The summed E-state index contributed by atoms with van der Waals surface area (Å²) in [6.45, 7) is 3.92. The number of rotatable bonds is 8. The van der Waals surface area contributed by atoms with Crippen molar-refractivity contribution in [3.63, 3.8) is 0 Å². The van der Waals surface area contributed by atoms with Gasteiger partial charge in [0.15, 0.2) is 4.34 Å². The predicted molar refractivity (Wildman–Crippen MR) is 100 cm³/mol. The monoisotopic (exact) mass is 400 g/mol. The van der Waals surface area contributed by atoms with Gasteiger partial charge in [-0.05, 0) is 18.1 Å². The van der Waals surface area contributed by atoms with E-state index in [4.69, 9.17) is 0 Å². The molecule has 1 heterocycles. The smallest absolute Gasteiger partial charge is 0.243 e. The average molecular weight is 401 g/mol. The number of carbonyl (C=O) groups excluding carboxylic acids is 1. The number of likely N-dealkylation sites (N-methyl/N-ethyl adjacent to an activating group) is 1. The molecule has 0 radical (unpaired) electrons. The molecule has 0 fully saturated rings. The van der Waals surface area contributed by atoms with E-state index in [1.807, 2.05) is 0 Å². The Morgan fingerprint density at radius 2 is 1.96 bits per heavy atom. The number of amides is 1. The fourth-order valence-corrected chi connectivity index (χ4v) is 4.67. The molecule has 1 aromatic carbocycles. The normalized spacial score (nSPS) is 11.9. The highest BCUT2D eigenvalue weighted by atomic mass is 32.2. The number of thioether (sulfide) groups is 1. The summed E-state index contributed by atoms with van der Waals surface area (Å²) in [5, 5.41) is 10.9. The van der Waals surface area contributed by atoms with Gasteiger partial charge in [-0.25, -0.2) is 8.42 Å². The molecular formula is C15H20N4O3S3. The number of sulfonamides is 1. The van der Waals surface area contributed by atoms with Crippen molar-refractivity contribution in [1.82, 2.24) is 14.5 Å². The van der Waals surface area contributed by atoms with Crippen LogP contribution in [0.3, 0.4) is 0 Å². The van der Waals surface area contributed by atoms with Crippen molar-refractivity contribution in [2.75, 3.05) is 24.7 Å². The molecule has 136 valence electrons. The maximum atomic E-state index is 12.4. The number of benzene rings is 1. The van der Waals surface area contributed by atoms with Crippen LogP contribution in [0.1, 0.15) is 13.8 Å². The van der Waals surface area contributed by atoms with E-state index in [1.165, 1.54) is 30.5 Å². The van der Waals surface area contributed by atoms with Gasteiger partial charge in [-0.15, -0.1) is 10.2 Å². The van der Waals surface area contributed by atoms with Crippen molar-refractivity contribution in [1.29, 1.82) is 0 Å². The molecule has 10 heteroatoms. The Bertz CT molecular complexity index is 806. The molecule has 2 aromatic rings. The Balaban J connectivity index is 1.94. The van der Waals surface area contributed by atoms with Crippen LogP contribution in [0.5, 0.6) is 0 Å². The van der Waals surface area contributed by atoms with Crippen molar-refractivity contribution in [3.05, 3.63) is 30.3 Å². The zero-order valence-electron chi connectivity index (χ0n) is 14.2. The topological polar surface area (TPSA) is 92.3 Å². The van der Waals surface area contributed by atoms with Gasteiger partial charge in [0.1, 0.15) is 0 Å². The van der Waals surface area contributed by atoms with Gasteiger partial charge in [-0.2, -0.15) is 4.31 Å². The number of carbonyl (C=O) groups is 1. The highest BCUT2D eigenvalue weighted by Crippen LogP contribution is 2.26. The third kappa shape index (κ3) is 5.77. The van der Waals surface area contributed by atoms with Crippen LogP contribution in [0.15, 0.2) is 39.6 Å². The van der Waals surface area contributed by atoms with E-state index in [0.717, 1.165) is 14.4 Å². The molecule has 1 amide bonds. The molecule has 0 bridgehead atoms. The highest BCUT2D eigenvalue weighted by molar-refractivity contribution is 8.01. The van der Waals surface area contributed by atoms with Gasteiger partial charge in [0, 0.05) is 12.8 Å². The minimum atomic E-state index is -3.70. The average Bonchev–Trinajstić information content (AvgIpc) is 3.01. The van der Waals surface area contributed by atoms with Crippen molar-refractivity contribution in [3.8, 4) is 0 Å². The first kappa shape index (κ1) is 19.8. The SMILES string of the molecule is CC(C)CSc1nnc(NC(=O)CN(C)S(=O)(=O)c2ccccc2)s1. The van der Waals surface area contributed by atoms with E-state index in [1.54, 1.807) is 30.0 Å². The Hall–Kier alpha value is -1.49. The lowest BCUT2D eigenvalue weighted by Gasteiger charge is -2.16. The van der Waals surface area contributed by atoms with E-state index in [2.05, 4.69) is 29.4 Å². The number of hydrogen-bond acceptors (Lipinski definition) is 7. The van der Waals surface area contributed by atoms with E-state index >= 15 is 0 Å². The summed E-state index contributed by atoms with van der Waals surface area (Å²) in [6.07, 6.45) is 0. The van der Waals surface area contributed by atoms with E-state index < -0.39 is 15.9 Å². The number of aromatic nitrogens is 2. The number of hydrogen-bond donors (Lipinski definition) is 1. The lowest BCUT2D eigenvalue weighted by molar-refractivity contribution is -0.116. The molecule has 0 atom stereocenters. The molecule has 2 rings (SSSR count). The van der Waals surface area contributed by atoms with Crippen molar-refractivity contribution in [2.24, 2.45) is 5.92 Å². The maximum Gasteiger partial charge on any atom is 0.243 e. The van der Waals surface area contributed by atoms with Gasteiger partial charge in [0.05, 0.1) is 11.4 Å². The molecule has 0 aliphatic heterocycles. The van der Waals surface area contributed by atoms with Gasteiger partial charge in [-0.3, -0.25) is 10.1 Å². The van der Waals surface area contributed by atoms with E-state index in [-0.39, 0.29) is 11.4 Å². The fraction of sp³-hybridized carbons (Fsp3) is 0.400. The van der Waals surface area contributed by atoms with Crippen LogP contribution >= 0.6 is 23.1 Å². The Morgan fingerprint density at radius 3 is 2.60 bits per heavy atom. The van der Waals surface area contributed by atoms with Gasteiger partial charge >= 0.3 is 0 Å². The summed E-state index contributed by atoms with van der Waals surface area (Å²) >= 11 is 2.85. The Morgan fingerprint density at radius 1 is 1.28 bits per heavy atom. The molecule has 0 saturated carbocycles. The number of nitrogens with one attached hydrogen (secondary N) is 1. The van der Waals surface area contributed by atoms with E-state index in [9.17, 15) is 13.2 Å². The lowest BCUT2D eigenvalue weighted by atomic mass is 10.3. The van der Waals surface area contributed by atoms with Crippen LogP contribution in [-0.4, -0.2) is 48.2 Å². The highest BCUT2D eigenvalue weighted by Gasteiger charge is 2.23. The summed E-state index contributed by atoms with van der Waals surface area (Å²) in [7, 11) is -2.34. The third-order valence-electron chi connectivity index (χ3n) is 3.01. The van der Waals surface area contributed by atoms with Gasteiger partial charge in [0.2, 0.25) is 21.1 Å². The van der Waals surface area contributed by atoms with Crippen LogP contribution in [-0.2, 0) is 14.8 Å². The first-order valence-corrected chi connectivity index (χ1v) is 10.8. The summed E-state index contributed by atoms with van der Waals surface area (Å²) in [6, 6.07) is 7.99. The second kappa shape index (κ2) is 8.75. The second-order valence-electron chi connectivity index (χ2n) is 5.70. The molecule has 25 heavy (non-hydrogen) atoms. The molecule has 0 saturated heterocycles. The molecule has 0 aliphatic rings. The molecule has 0 unspecified atom stereocenters. The molecule has 0 aliphatic carbocycles. The molecular weight excluding hydrogens is 380 g/mol. The largest absolute Gasteiger partial charge is 0.299 e. The third-order valence-corrected chi connectivity index (χ3v) is 7.23. The summed E-state index contributed by atoms with van der Waals surface area (Å²) in [4.78, 5) is 12.2. The van der Waals surface area contributed by atoms with Crippen molar-refractivity contribution in [2.45, 2.75) is 23.1 Å². The molecule has 1 N–H and O–H groups in total. The fourth-order valence-electron chi connectivity index (χ4n) is 1.77. The molecule has 1 aromatic heterocycles. The van der Waals surface area contributed by atoms with Crippen molar-refractivity contribution < 1.29 is 13.2 Å². The lowest BCUT2D eigenvalue weighted by Crippen LogP contribution is -2.34. The minimum absolute atomic E-state index is 0.147. The van der Waals surface area contributed by atoms with Crippen LogP contribution in [0.2, 0.25) is 0 Å². The number of nitrogens with zero attached hydrogens (tertiary/aromatic N) is 3. The zero-order chi connectivity index (χ0) is 18.4.